The summed E-state index contributed by atoms with van der Waals surface area (Å²) < 4.78 is 6.64. The van der Waals surface area contributed by atoms with Gasteiger partial charge in [-0.05, 0) is 117 Å². The lowest BCUT2D eigenvalue weighted by Crippen LogP contribution is -2.49. The molecule has 172 valence electrons. The van der Waals surface area contributed by atoms with E-state index in [1.165, 1.54) is 44.1 Å². The molecule has 1 aromatic rings. The first-order chi connectivity index (χ1) is 15.4. The van der Waals surface area contributed by atoms with Crippen LogP contribution in [-0.2, 0) is 5.41 Å². The number of aliphatic hydroxyl groups is 2. The SMILES string of the molecule is C[C@@]1(C#CCO)Oc2cc(C34CC5CC(CC(C5)C3)C4)cc(O)c2[C@@H]2C[C@H](CO)CC[C@H]21. The van der Waals surface area contributed by atoms with Crippen molar-refractivity contribution in [2.75, 3.05) is 13.2 Å². The van der Waals surface area contributed by atoms with Crippen LogP contribution in [-0.4, -0.2) is 34.1 Å². The number of hydrogen-bond donors (Lipinski definition) is 3. The lowest BCUT2D eigenvalue weighted by atomic mass is 9.48. The molecule has 4 atom stereocenters. The standard InChI is InChI=1S/C28H36O4/c1-27(5-2-6-29)23-4-3-17(16-30)10-22(23)26-24(31)11-21(12-25(26)32-27)28-13-18-7-19(14-28)9-20(8-18)15-28/h11-12,17-20,22-23,29-31H,3-4,6-10,13-16H2,1H3/t17-,18?,19?,20?,22-,23-,27+,28?/m1/s1. The van der Waals surface area contributed by atoms with Gasteiger partial charge in [-0.3, -0.25) is 0 Å². The van der Waals surface area contributed by atoms with Crippen molar-refractivity contribution >= 4 is 0 Å². The molecule has 6 aliphatic rings. The Bertz CT molecular complexity index is 936. The van der Waals surface area contributed by atoms with E-state index in [-0.39, 0.29) is 36.4 Å². The summed E-state index contributed by atoms with van der Waals surface area (Å²) in [6.45, 7) is 2.05. The van der Waals surface area contributed by atoms with Crippen LogP contribution in [0.15, 0.2) is 12.1 Å². The van der Waals surface area contributed by atoms with Crippen molar-refractivity contribution in [1.82, 2.24) is 0 Å². The molecule has 4 bridgehead atoms. The number of phenols is 1. The molecule has 0 radical (unpaired) electrons. The zero-order valence-corrected chi connectivity index (χ0v) is 19.1. The molecule has 5 fully saturated rings. The van der Waals surface area contributed by atoms with E-state index >= 15 is 0 Å². The maximum absolute atomic E-state index is 11.4. The van der Waals surface area contributed by atoms with Crippen LogP contribution in [0.2, 0.25) is 0 Å². The van der Waals surface area contributed by atoms with Crippen molar-refractivity contribution in [2.45, 2.75) is 81.6 Å². The van der Waals surface area contributed by atoms with E-state index in [0.717, 1.165) is 48.3 Å². The van der Waals surface area contributed by atoms with Crippen LogP contribution >= 0.6 is 0 Å². The Balaban J connectivity index is 1.44. The van der Waals surface area contributed by atoms with Gasteiger partial charge in [0.15, 0.2) is 5.60 Å². The zero-order valence-electron chi connectivity index (χ0n) is 19.1. The van der Waals surface area contributed by atoms with Gasteiger partial charge >= 0.3 is 0 Å². The van der Waals surface area contributed by atoms with E-state index in [0.29, 0.717) is 5.75 Å². The summed E-state index contributed by atoms with van der Waals surface area (Å²) >= 11 is 0. The summed E-state index contributed by atoms with van der Waals surface area (Å²) in [5.41, 5.74) is 1.69. The van der Waals surface area contributed by atoms with Crippen LogP contribution in [0.3, 0.4) is 0 Å². The first kappa shape index (κ1) is 20.9. The van der Waals surface area contributed by atoms with Crippen LogP contribution in [0.5, 0.6) is 11.5 Å². The van der Waals surface area contributed by atoms with Gasteiger partial charge in [0.05, 0.1) is 0 Å². The first-order valence-electron chi connectivity index (χ1n) is 12.7. The van der Waals surface area contributed by atoms with Crippen LogP contribution in [0.25, 0.3) is 0 Å². The molecular weight excluding hydrogens is 400 g/mol. The van der Waals surface area contributed by atoms with Gasteiger partial charge in [0, 0.05) is 18.1 Å². The van der Waals surface area contributed by atoms with Crippen molar-refractivity contribution in [3.63, 3.8) is 0 Å². The van der Waals surface area contributed by atoms with Crippen molar-refractivity contribution in [1.29, 1.82) is 0 Å². The number of ether oxygens (including phenoxy) is 1. The lowest BCUT2D eigenvalue weighted by molar-refractivity contribution is -0.00736. The largest absolute Gasteiger partial charge is 0.508 e. The molecule has 5 saturated carbocycles. The smallest absolute Gasteiger partial charge is 0.169 e. The Labute approximate surface area is 191 Å². The monoisotopic (exact) mass is 436 g/mol. The fraction of sp³-hybridized carbons (Fsp3) is 0.714. The maximum atomic E-state index is 11.4. The van der Waals surface area contributed by atoms with Crippen LogP contribution < -0.4 is 4.74 Å². The zero-order chi connectivity index (χ0) is 22.1. The number of fused-ring (bicyclic) bond motifs is 3. The molecule has 0 unspecified atom stereocenters. The number of benzene rings is 1. The average molecular weight is 437 g/mol. The first-order valence-corrected chi connectivity index (χ1v) is 12.7. The predicted octanol–water partition coefficient (Wildman–Crippen LogP) is 4.50. The highest BCUT2D eigenvalue weighted by Crippen LogP contribution is 2.63. The molecule has 1 aliphatic heterocycles. The van der Waals surface area contributed by atoms with E-state index in [9.17, 15) is 15.3 Å². The average Bonchev–Trinajstić information content (AvgIpc) is 2.76. The highest BCUT2D eigenvalue weighted by atomic mass is 16.5. The van der Waals surface area contributed by atoms with Crippen LogP contribution in [0.1, 0.15) is 81.8 Å². The van der Waals surface area contributed by atoms with Gasteiger partial charge in [-0.1, -0.05) is 11.8 Å². The second-order valence-electron chi connectivity index (χ2n) is 11.8. The second-order valence-corrected chi connectivity index (χ2v) is 11.8. The Morgan fingerprint density at radius 3 is 2.31 bits per heavy atom. The molecule has 0 saturated heterocycles. The number of aliphatic hydroxyl groups excluding tert-OH is 2. The summed E-state index contributed by atoms with van der Waals surface area (Å²) in [5, 5.41) is 30.6. The topological polar surface area (TPSA) is 69.9 Å². The molecular formula is C28H36O4. The van der Waals surface area contributed by atoms with Crippen molar-refractivity contribution < 1.29 is 20.1 Å². The highest BCUT2D eigenvalue weighted by molar-refractivity contribution is 5.55. The summed E-state index contributed by atoms with van der Waals surface area (Å²) in [6, 6.07) is 4.30. The van der Waals surface area contributed by atoms with Crippen molar-refractivity contribution in [3.8, 4) is 23.3 Å². The summed E-state index contributed by atoms with van der Waals surface area (Å²) in [6.07, 6.45) is 10.6. The van der Waals surface area contributed by atoms with Gasteiger partial charge in [-0.25, -0.2) is 0 Å². The lowest BCUT2D eigenvalue weighted by Gasteiger charge is -2.57. The maximum Gasteiger partial charge on any atom is 0.169 e. The molecule has 1 aromatic carbocycles. The summed E-state index contributed by atoms with van der Waals surface area (Å²) in [5.74, 6) is 10.3. The Morgan fingerprint density at radius 2 is 1.69 bits per heavy atom. The highest BCUT2D eigenvalue weighted by Gasteiger charge is 2.53. The Kier molecular flexibility index (Phi) is 4.83. The summed E-state index contributed by atoms with van der Waals surface area (Å²) in [4.78, 5) is 0. The quantitative estimate of drug-likeness (QED) is 0.597. The van der Waals surface area contributed by atoms with Gasteiger partial charge in [0.1, 0.15) is 18.1 Å². The number of aromatic hydroxyl groups is 1. The van der Waals surface area contributed by atoms with E-state index < -0.39 is 5.60 Å². The minimum Gasteiger partial charge on any atom is -0.508 e. The van der Waals surface area contributed by atoms with Crippen LogP contribution in [0, 0.1) is 41.4 Å². The van der Waals surface area contributed by atoms with Gasteiger partial charge in [0.2, 0.25) is 0 Å². The van der Waals surface area contributed by atoms with E-state index in [1.54, 1.807) is 0 Å². The fourth-order valence-corrected chi connectivity index (χ4v) is 8.88. The molecule has 5 aliphatic carbocycles. The molecule has 1 heterocycles. The van der Waals surface area contributed by atoms with E-state index in [2.05, 4.69) is 24.0 Å². The molecule has 0 amide bonds. The minimum atomic E-state index is -0.687. The molecule has 4 heteroatoms. The third-order valence-electron chi connectivity index (χ3n) is 9.80. The third-order valence-corrected chi connectivity index (χ3v) is 9.80. The molecule has 7 rings (SSSR count). The molecule has 32 heavy (non-hydrogen) atoms. The minimum absolute atomic E-state index is 0.119. The Hall–Kier alpha value is -1.70. The Morgan fingerprint density at radius 1 is 1.00 bits per heavy atom. The molecule has 0 aromatic heterocycles. The van der Waals surface area contributed by atoms with Gasteiger partial charge < -0.3 is 20.1 Å². The van der Waals surface area contributed by atoms with Crippen LogP contribution in [0.4, 0.5) is 0 Å². The molecule has 4 nitrogen and oxygen atoms in total. The normalized spacial score (nSPS) is 43.6. The van der Waals surface area contributed by atoms with E-state index in [1.807, 2.05) is 6.92 Å². The summed E-state index contributed by atoms with van der Waals surface area (Å²) in [7, 11) is 0. The van der Waals surface area contributed by atoms with Crippen molar-refractivity contribution in [2.24, 2.45) is 29.6 Å². The van der Waals surface area contributed by atoms with Crippen molar-refractivity contribution in [3.05, 3.63) is 23.3 Å². The number of phenolic OH excluding ortho intramolecular Hbond substituents is 1. The number of rotatable bonds is 2. The number of hydrogen-bond acceptors (Lipinski definition) is 4. The van der Waals surface area contributed by atoms with Gasteiger partial charge in [-0.15, -0.1) is 0 Å². The van der Waals surface area contributed by atoms with Gasteiger partial charge in [0.25, 0.3) is 0 Å². The molecule has 3 N–H and O–H groups in total. The second kappa shape index (κ2) is 7.40. The van der Waals surface area contributed by atoms with Gasteiger partial charge in [-0.2, -0.15) is 0 Å². The fourth-order valence-electron chi connectivity index (χ4n) is 8.88. The third kappa shape index (κ3) is 3.11. The predicted molar refractivity (Wildman–Crippen MR) is 123 cm³/mol. The molecule has 0 spiro atoms. The van der Waals surface area contributed by atoms with E-state index in [4.69, 9.17) is 4.74 Å².